The molecule has 32 heavy (non-hydrogen) atoms. The van der Waals surface area contributed by atoms with Gasteiger partial charge in [-0.15, -0.1) is 0 Å². The van der Waals surface area contributed by atoms with Crippen molar-refractivity contribution < 1.29 is 18.4 Å². The van der Waals surface area contributed by atoms with E-state index in [1.807, 2.05) is 13.8 Å². The first-order valence-electron chi connectivity index (χ1n) is 10.1. The lowest BCUT2D eigenvalue weighted by Gasteiger charge is -2.12. The number of aryl methyl sites for hydroxylation is 3. The predicted molar refractivity (Wildman–Crippen MR) is 116 cm³/mol. The molecule has 0 fully saturated rings. The Morgan fingerprint density at radius 3 is 2.69 bits per heavy atom. The molecule has 4 rings (SSSR count). The molecule has 164 valence electrons. The molecule has 2 heterocycles. The molecule has 0 saturated carbocycles. The van der Waals surface area contributed by atoms with E-state index in [2.05, 4.69) is 15.5 Å². The van der Waals surface area contributed by atoms with E-state index in [9.17, 15) is 9.18 Å². The second-order valence-corrected chi connectivity index (χ2v) is 7.40. The number of benzene rings is 2. The largest absolute Gasteiger partial charge is 0.488 e. The van der Waals surface area contributed by atoms with Gasteiger partial charge in [0.05, 0.1) is 22.5 Å². The summed E-state index contributed by atoms with van der Waals surface area (Å²) in [5.74, 6) is 1.12. The molecule has 0 bridgehead atoms. The molecule has 0 aliphatic carbocycles. The van der Waals surface area contributed by atoms with Crippen molar-refractivity contribution in [1.29, 1.82) is 0 Å². The highest BCUT2D eigenvalue weighted by Gasteiger charge is 2.15. The summed E-state index contributed by atoms with van der Waals surface area (Å²) in [5, 5.41) is 6.74. The van der Waals surface area contributed by atoms with Gasteiger partial charge < -0.3 is 19.1 Å². The minimum Gasteiger partial charge on any atom is -0.488 e. The van der Waals surface area contributed by atoms with E-state index in [1.165, 1.54) is 6.07 Å². The lowest BCUT2D eigenvalue weighted by molar-refractivity contribution is 0.0946. The third-order valence-corrected chi connectivity index (χ3v) is 5.24. The zero-order valence-corrected chi connectivity index (χ0v) is 18.1. The van der Waals surface area contributed by atoms with Crippen LogP contribution in [0.3, 0.4) is 0 Å². The van der Waals surface area contributed by atoms with E-state index in [-0.39, 0.29) is 24.9 Å². The molecule has 8 heteroatoms. The number of amides is 1. The Balaban J connectivity index is 1.43. The van der Waals surface area contributed by atoms with Gasteiger partial charge in [0, 0.05) is 18.9 Å². The summed E-state index contributed by atoms with van der Waals surface area (Å²) in [5.41, 5.74) is 3.05. The summed E-state index contributed by atoms with van der Waals surface area (Å²) in [6, 6.07) is 11.8. The molecule has 0 unspecified atom stereocenters. The highest BCUT2D eigenvalue weighted by molar-refractivity contribution is 5.96. The Morgan fingerprint density at radius 1 is 1.19 bits per heavy atom. The highest BCUT2D eigenvalue weighted by Crippen LogP contribution is 2.22. The summed E-state index contributed by atoms with van der Waals surface area (Å²) < 4.78 is 27.3. The third kappa shape index (κ3) is 4.39. The van der Waals surface area contributed by atoms with E-state index in [1.54, 1.807) is 60.3 Å². The van der Waals surface area contributed by atoms with Crippen LogP contribution in [0.4, 0.5) is 4.39 Å². The topological polar surface area (TPSA) is 82.2 Å². The summed E-state index contributed by atoms with van der Waals surface area (Å²) in [6.07, 6.45) is 3.32. The molecule has 7 nitrogen and oxygen atoms in total. The number of rotatable bonds is 7. The number of para-hydroxylation sites is 1. The molecule has 0 radical (unpaired) electrons. The van der Waals surface area contributed by atoms with E-state index in [4.69, 9.17) is 9.26 Å². The monoisotopic (exact) mass is 434 g/mol. The number of carbonyl (C=O) groups excluding carboxylic acids is 1. The first-order valence-corrected chi connectivity index (χ1v) is 10.1. The minimum absolute atomic E-state index is 0.178. The van der Waals surface area contributed by atoms with Crippen molar-refractivity contribution in [3.8, 4) is 11.4 Å². The second kappa shape index (κ2) is 9.05. The number of nitrogens with zero attached hydrogens (tertiary/aromatic N) is 3. The smallest absolute Gasteiger partial charge is 0.255 e. The number of hydrogen-bond donors (Lipinski definition) is 1. The van der Waals surface area contributed by atoms with Gasteiger partial charge in [0.1, 0.15) is 29.8 Å². The molecule has 4 aromatic rings. The molecule has 1 amide bonds. The van der Waals surface area contributed by atoms with Crippen LogP contribution >= 0.6 is 0 Å². The maximum Gasteiger partial charge on any atom is 0.255 e. The first-order chi connectivity index (χ1) is 15.4. The second-order valence-electron chi connectivity index (χ2n) is 7.40. The van der Waals surface area contributed by atoms with E-state index >= 15 is 0 Å². The van der Waals surface area contributed by atoms with Gasteiger partial charge in [-0.2, -0.15) is 0 Å². The Kier molecular flexibility index (Phi) is 6.02. The minimum atomic E-state index is -0.388. The molecule has 2 aromatic carbocycles. The summed E-state index contributed by atoms with van der Waals surface area (Å²) in [7, 11) is 0. The molecule has 2 aromatic heterocycles. The molecular weight excluding hydrogens is 411 g/mol. The Hall–Kier alpha value is -3.94. The Bertz CT molecular complexity index is 1240. The fourth-order valence-corrected chi connectivity index (χ4v) is 3.40. The Morgan fingerprint density at radius 2 is 2.00 bits per heavy atom. The molecule has 0 aliphatic heterocycles. The van der Waals surface area contributed by atoms with Crippen molar-refractivity contribution in [2.24, 2.45) is 0 Å². The van der Waals surface area contributed by atoms with Crippen LogP contribution in [0, 0.1) is 26.6 Å². The van der Waals surface area contributed by atoms with Crippen molar-refractivity contribution in [2.45, 2.75) is 33.9 Å². The molecule has 0 atom stereocenters. The number of carbonyl (C=O) groups is 1. The fourth-order valence-electron chi connectivity index (χ4n) is 3.40. The molecule has 1 N–H and O–H groups in total. The highest BCUT2D eigenvalue weighted by atomic mass is 19.1. The van der Waals surface area contributed by atoms with Gasteiger partial charge in [0.2, 0.25) is 0 Å². The van der Waals surface area contributed by atoms with E-state index < -0.39 is 0 Å². The number of halogens is 1. The molecule has 0 saturated heterocycles. The van der Waals surface area contributed by atoms with Gasteiger partial charge in [0.25, 0.3) is 5.91 Å². The van der Waals surface area contributed by atoms with Gasteiger partial charge >= 0.3 is 0 Å². The molecule has 0 spiro atoms. The van der Waals surface area contributed by atoms with E-state index in [0.717, 1.165) is 11.3 Å². The maximum atomic E-state index is 14.6. The number of hydrogen-bond acceptors (Lipinski definition) is 5. The number of aromatic nitrogens is 3. The zero-order chi connectivity index (χ0) is 22.7. The quantitative estimate of drug-likeness (QED) is 0.465. The van der Waals surface area contributed by atoms with Gasteiger partial charge in [-0.25, -0.2) is 9.37 Å². The number of nitrogens with one attached hydrogen (secondary N) is 1. The van der Waals surface area contributed by atoms with Gasteiger partial charge in [0.15, 0.2) is 0 Å². The van der Waals surface area contributed by atoms with Crippen molar-refractivity contribution in [1.82, 2.24) is 20.0 Å². The maximum absolute atomic E-state index is 14.6. The van der Waals surface area contributed by atoms with Crippen LogP contribution in [-0.2, 0) is 13.2 Å². The predicted octanol–water partition coefficient (Wildman–Crippen LogP) is 4.43. The lowest BCUT2D eigenvalue weighted by atomic mass is 10.1. The zero-order valence-electron chi connectivity index (χ0n) is 18.1. The molecular formula is C24H23FN4O3. The van der Waals surface area contributed by atoms with Crippen LogP contribution in [0.5, 0.6) is 5.75 Å². The first kappa shape index (κ1) is 21.3. The average molecular weight is 434 g/mol. The average Bonchev–Trinajstić information content (AvgIpc) is 3.35. The summed E-state index contributed by atoms with van der Waals surface area (Å²) in [6.45, 7) is 5.88. The molecule has 0 aliphatic rings. The normalized spacial score (nSPS) is 10.9. The van der Waals surface area contributed by atoms with Gasteiger partial charge in [-0.05, 0) is 50.6 Å². The van der Waals surface area contributed by atoms with Crippen LogP contribution in [0.2, 0.25) is 0 Å². The van der Waals surface area contributed by atoms with Crippen LogP contribution in [-0.4, -0.2) is 20.6 Å². The number of imidazole rings is 1. The van der Waals surface area contributed by atoms with Crippen LogP contribution in [0.25, 0.3) is 5.69 Å². The van der Waals surface area contributed by atoms with Crippen molar-refractivity contribution in [3.63, 3.8) is 0 Å². The summed E-state index contributed by atoms with van der Waals surface area (Å²) >= 11 is 0. The number of ether oxygens (including phenoxy) is 1. The SMILES string of the molecule is Cc1noc(C)c1COc1ccccc1C(=O)NCc1ccc(-n2ccnc2C)c(F)c1. The van der Waals surface area contributed by atoms with Crippen molar-refractivity contribution in [3.05, 3.63) is 94.6 Å². The summed E-state index contributed by atoms with van der Waals surface area (Å²) in [4.78, 5) is 16.9. The third-order valence-electron chi connectivity index (χ3n) is 5.24. The fraction of sp³-hybridized carbons (Fsp3) is 0.208. The van der Waals surface area contributed by atoms with Gasteiger partial charge in [-0.3, -0.25) is 4.79 Å². The van der Waals surface area contributed by atoms with Crippen molar-refractivity contribution in [2.75, 3.05) is 0 Å². The van der Waals surface area contributed by atoms with E-state index in [0.29, 0.717) is 34.1 Å². The standard InChI is InChI=1S/C24H23FN4O3/c1-15-20(16(2)32-28-15)14-31-23-7-5-4-6-19(23)24(30)27-13-18-8-9-22(21(25)12-18)29-11-10-26-17(29)3/h4-12H,13-14H2,1-3H3,(H,27,30). The van der Waals surface area contributed by atoms with Crippen LogP contribution < -0.4 is 10.1 Å². The van der Waals surface area contributed by atoms with Crippen LogP contribution in [0.1, 0.15) is 38.8 Å². The van der Waals surface area contributed by atoms with Crippen molar-refractivity contribution >= 4 is 5.91 Å². The Labute approximate surface area is 184 Å². The van der Waals surface area contributed by atoms with Crippen LogP contribution in [0.15, 0.2) is 59.4 Å². The van der Waals surface area contributed by atoms with Gasteiger partial charge in [-0.1, -0.05) is 23.4 Å². The lowest BCUT2D eigenvalue weighted by Crippen LogP contribution is -2.23.